The fourth-order valence-electron chi connectivity index (χ4n) is 2.47. The molecule has 0 amide bonds. The van der Waals surface area contributed by atoms with Crippen LogP contribution in [0.4, 0.5) is 0 Å². The standard InChI is InChI=1S/C18H13ClNO2/c1-12-17(10-20-22-12)18(11-21)15-7-14(8-16(19)9-15)13-5-3-2-4-6-13/h2-10,18H,1H3. The fraction of sp³-hybridized carbons (Fsp3) is 0.111. The van der Waals surface area contributed by atoms with Crippen LogP contribution in [0.1, 0.15) is 22.8 Å². The van der Waals surface area contributed by atoms with E-state index in [0.717, 1.165) is 16.7 Å². The zero-order chi connectivity index (χ0) is 15.5. The summed E-state index contributed by atoms with van der Waals surface area (Å²) in [6.07, 6.45) is 3.61. The Bertz CT molecular complexity index is 796. The van der Waals surface area contributed by atoms with E-state index in [2.05, 4.69) is 11.4 Å². The predicted octanol–water partition coefficient (Wildman–Crippen LogP) is 4.55. The van der Waals surface area contributed by atoms with Gasteiger partial charge in [0.2, 0.25) is 6.29 Å². The minimum atomic E-state index is -0.563. The Kier molecular flexibility index (Phi) is 4.07. The average molecular weight is 311 g/mol. The van der Waals surface area contributed by atoms with Gasteiger partial charge in [-0.2, -0.15) is 0 Å². The molecule has 3 aromatic rings. The lowest BCUT2D eigenvalue weighted by Gasteiger charge is -2.12. The Balaban J connectivity index is 2.09. The lowest BCUT2D eigenvalue weighted by atomic mass is 9.91. The van der Waals surface area contributed by atoms with E-state index in [1.54, 1.807) is 19.2 Å². The molecular formula is C18H13ClNO2. The molecular weight excluding hydrogens is 298 g/mol. The number of hydrogen-bond acceptors (Lipinski definition) is 3. The highest BCUT2D eigenvalue weighted by Crippen LogP contribution is 2.31. The summed E-state index contributed by atoms with van der Waals surface area (Å²) in [6, 6.07) is 15.5. The minimum absolute atomic E-state index is 0.563. The van der Waals surface area contributed by atoms with Crippen LogP contribution in [0.3, 0.4) is 0 Å². The Morgan fingerprint density at radius 2 is 1.91 bits per heavy atom. The van der Waals surface area contributed by atoms with Crippen LogP contribution < -0.4 is 0 Å². The fourth-order valence-corrected chi connectivity index (χ4v) is 2.71. The maximum absolute atomic E-state index is 11.5. The molecule has 1 unspecified atom stereocenters. The topological polar surface area (TPSA) is 43.1 Å². The van der Waals surface area contributed by atoms with E-state index in [1.165, 1.54) is 0 Å². The van der Waals surface area contributed by atoms with Crippen LogP contribution in [0.2, 0.25) is 5.02 Å². The van der Waals surface area contributed by atoms with Crippen molar-refractivity contribution < 1.29 is 9.32 Å². The largest absolute Gasteiger partial charge is 0.361 e. The van der Waals surface area contributed by atoms with Gasteiger partial charge in [-0.1, -0.05) is 47.1 Å². The predicted molar refractivity (Wildman–Crippen MR) is 85.7 cm³/mol. The summed E-state index contributed by atoms with van der Waals surface area (Å²) in [5.74, 6) is 0.0435. The second-order valence-electron chi connectivity index (χ2n) is 5.03. The Morgan fingerprint density at radius 3 is 2.55 bits per heavy atom. The van der Waals surface area contributed by atoms with Crippen molar-refractivity contribution in [3.8, 4) is 11.1 Å². The molecule has 1 radical (unpaired) electrons. The van der Waals surface area contributed by atoms with Crippen molar-refractivity contribution in [3.63, 3.8) is 0 Å². The molecule has 0 fully saturated rings. The van der Waals surface area contributed by atoms with Gasteiger partial charge >= 0.3 is 0 Å². The van der Waals surface area contributed by atoms with E-state index in [-0.39, 0.29) is 0 Å². The summed E-state index contributed by atoms with van der Waals surface area (Å²) in [5, 5.41) is 4.31. The van der Waals surface area contributed by atoms with Gasteiger partial charge < -0.3 is 4.52 Å². The third-order valence-electron chi connectivity index (χ3n) is 3.58. The molecule has 0 aliphatic carbocycles. The first-order chi connectivity index (χ1) is 10.7. The molecule has 0 aliphatic rings. The van der Waals surface area contributed by atoms with E-state index in [1.807, 2.05) is 42.5 Å². The highest BCUT2D eigenvalue weighted by molar-refractivity contribution is 6.31. The molecule has 0 bridgehead atoms. The summed E-state index contributed by atoms with van der Waals surface area (Å²) in [4.78, 5) is 11.5. The first-order valence-corrected chi connectivity index (χ1v) is 7.21. The Labute approximate surface area is 133 Å². The number of carbonyl (C=O) groups excluding carboxylic acids is 1. The van der Waals surface area contributed by atoms with Crippen molar-refractivity contribution in [1.82, 2.24) is 5.16 Å². The molecule has 0 saturated heterocycles. The number of aryl methyl sites for hydroxylation is 1. The number of benzene rings is 2. The molecule has 4 heteroatoms. The third-order valence-corrected chi connectivity index (χ3v) is 3.80. The first-order valence-electron chi connectivity index (χ1n) is 6.84. The number of rotatable bonds is 4. The first kappa shape index (κ1) is 14.5. The Morgan fingerprint density at radius 1 is 1.14 bits per heavy atom. The SMILES string of the molecule is Cc1oncc1C([C]=O)c1cc(Cl)cc(-c2ccccc2)c1. The molecule has 1 atom stereocenters. The zero-order valence-corrected chi connectivity index (χ0v) is 12.7. The van der Waals surface area contributed by atoms with Gasteiger partial charge in [0.1, 0.15) is 5.76 Å². The number of nitrogens with zero attached hydrogens (tertiary/aromatic N) is 1. The van der Waals surface area contributed by atoms with Gasteiger partial charge in [0.15, 0.2) is 0 Å². The maximum atomic E-state index is 11.5. The third kappa shape index (κ3) is 2.81. The average Bonchev–Trinajstić information content (AvgIpc) is 2.95. The monoisotopic (exact) mass is 310 g/mol. The van der Waals surface area contributed by atoms with E-state index < -0.39 is 5.92 Å². The van der Waals surface area contributed by atoms with Crippen LogP contribution >= 0.6 is 11.6 Å². The van der Waals surface area contributed by atoms with E-state index >= 15 is 0 Å². The summed E-state index contributed by atoms with van der Waals surface area (Å²) in [6.45, 7) is 1.77. The summed E-state index contributed by atoms with van der Waals surface area (Å²) < 4.78 is 5.05. The molecule has 3 rings (SSSR count). The van der Waals surface area contributed by atoms with Crippen molar-refractivity contribution >= 4 is 17.9 Å². The summed E-state index contributed by atoms with van der Waals surface area (Å²) >= 11 is 6.23. The summed E-state index contributed by atoms with van der Waals surface area (Å²) in [7, 11) is 0. The number of hydrogen-bond donors (Lipinski definition) is 0. The molecule has 0 N–H and O–H groups in total. The van der Waals surface area contributed by atoms with Crippen LogP contribution in [0.5, 0.6) is 0 Å². The molecule has 0 saturated carbocycles. The second kappa shape index (κ2) is 6.16. The normalized spacial score (nSPS) is 12.1. The highest BCUT2D eigenvalue weighted by atomic mass is 35.5. The van der Waals surface area contributed by atoms with Crippen molar-refractivity contribution in [2.24, 2.45) is 0 Å². The second-order valence-corrected chi connectivity index (χ2v) is 5.46. The van der Waals surface area contributed by atoms with E-state index in [0.29, 0.717) is 16.3 Å². The van der Waals surface area contributed by atoms with Crippen LogP contribution in [0.25, 0.3) is 11.1 Å². The van der Waals surface area contributed by atoms with Crippen molar-refractivity contribution in [2.45, 2.75) is 12.8 Å². The molecule has 1 heterocycles. The van der Waals surface area contributed by atoms with Gasteiger partial charge in [-0.3, -0.25) is 4.79 Å². The highest BCUT2D eigenvalue weighted by Gasteiger charge is 2.20. The van der Waals surface area contributed by atoms with E-state index in [4.69, 9.17) is 16.1 Å². The zero-order valence-electron chi connectivity index (χ0n) is 11.9. The molecule has 22 heavy (non-hydrogen) atoms. The van der Waals surface area contributed by atoms with Crippen molar-refractivity contribution in [1.29, 1.82) is 0 Å². The molecule has 2 aromatic carbocycles. The van der Waals surface area contributed by atoms with Crippen LogP contribution in [-0.4, -0.2) is 11.4 Å². The maximum Gasteiger partial charge on any atom is 0.211 e. The van der Waals surface area contributed by atoms with Crippen LogP contribution in [0.15, 0.2) is 59.3 Å². The minimum Gasteiger partial charge on any atom is -0.361 e. The van der Waals surface area contributed by atoms with E-state index in [9.17, 15) is 4.79 Å². The van der Waals surface area contributed by atoms with Crippen LogP contribution in [-0.2, 0) is 4.79 Å². The molecule has 1 aromatic heterocycles. The molecule has 109 valence electrons. The van der Waals surface area contributed by atoms with Crippen LogP contribution in [0, 0.1) is 6.92 Å². The van der Waals surface area contributed by atoms with Crippen molar-refractivity contribution in [3.05, 3.63) is 76.6 Å². The summed E-state index contributed by atoms with van der Waals surface area (Å²) in [5.41, 5.74) is 3.47. The Hall–Kier alpha value is -2.39. The molecule has 0 aliphatic heterocycles. The lowest BCUT2D eigenvalue weighted by Crippen LogP contribution is -2.03. The smallest absolute Gasteiger partial charge is 0.211 e. The molecule has 3 nitrogen and oxygen atoms in total. The molecule has 0 spiro atoms. The number of aromatic nitrogens is 1. The van der Waals surface area contributed by atoms with Gasteiger partial charge in [-0.25, -0.2) is 0 Å². The van der Waals surface area contributed by atoms with Gasteiger partial charge in [0.25, 0.3) is 0 Å². The van der Waals surface area contributed by atoms with Gasteiger partial charge in [-0.05, 0) is 41.8 Å². The quantitative estimate of drug-likeness (QED) is 0.710. The van der Waals surface area contributed by atoms with Gasteiger partial charge in [0, 0.05) is 10.6 Å². The van der Waals surface area contributed by atoms with Gasteiger partial charge in [0.05, 0.1) is 12.1 Å². The van der Waals surface area contributed by atoms with Gasteiger partial charge in [-0.15, -0.1) is 0 Å². The number of halogens is 1. The van der Waals surface area contributed by atoms with Crippen molar-refractivity contribution in [2.75, 3.05) is 0 Å². The lowest BCUT2D eigenvalue weighted by molar-refractivity contribution is 0.396.